The van der Waals surface area contributed by atoms with Crippen molar-refractivity contribution in [3.05, 3.63) is 58.1 Å². The van der Waals surface area contributed by atoms with Crippen molar-refractivity contribution in [1.82, 2.24) is 0 Å². The van der Waals surface area contributed by atoms with Crippen LogP contribution in [0.5, 0.6) is 0 Å². The molecule has 8 heteroatoms. The molecule has 6 nitrogen and oxygen atoms in total. The van der Waals surface area contributed by atoms with E-state index in [4.69, 9.17) is 18.6 Å². The Hall–Kier alpha value is -2.00. The molecule has 0 radical (unpaired) electrons. The Morgan fingerprint density at radius 2 is 1.57 bits per heavy atom. The summed E-state index contributed by atoms with van der Waals surface area (Å²) in [5.41, 5.74) is 7.34. The summed E-state index contributed by atoms with van der Waals surface area (Å²) in [5.74, 6) is 0. The summed E-state index contributed by atoms with van der Waals surface area (Å²) in [7, 11) is -2.78. The van der Waals surface area contributed by atoms with E-state index < -0.39 is 10.2 Å². The van der Waals surface area contributed by atoms with Crippen molar-refractivity contribution in [2.24, 2.45) is 7.05 Å². The fourth-order valence-corrected chi connectivity index (χ4v) is 5.41. The largest absolute Gasteiger partial charge is 0.371 e. The fraction of sp³-hybridized carbons (Fsp3) is 0.318. The van der Waals surface area contributed by atoms with Gasteiger partial charge in [-0.2, -0.15) is 4.57 Å². The molecular weight excluding hydrogens is 424 g/mol. The molecule has 0 spiro atoms. The van der Waals surface area contributed by atoms with Gasteiger partial charge in [-0.15, -0.1) is 10.2 Å². The number of halogens is 1. The van der Waals surface area contributed by atoms with Crippen LogP contribution in [-0.4, -0.2) is 13.1 Å². The number of rotatable bonds is 2. The number of nitrogens with zero attached hydrogens (tertiary/aromatic N) is 2. The van der Waals surface area contributed by atoms with Gasteiger partial charge in [0.15, 0.2) is 0 Å². The zero-order valence-corrected chi connectivity index (χ0v) is 18.2. The van der Waals surface area contributed by atoms with Crippen LogP contribution in [0.3, 0.4) is 0 Å². The highest BCUT2D eigenvalue weighted by atomic mass is 35.7. The second-order valence-corrected chi connectivity index (χ2v) is 9.38. The number of benzene rings is 2. The maximum atomic E-state index is 8.49. The number of hydrogen-bond acceptors (Lipinski definition) is 6. The molecule has 2 aromatic carbocycles. The van der Waals surface area contributed by atoms with Gasteiger partial charge in [-0.25, -0.2) is 18.6 Å². The lowest BCUT2D eigenvalue weighted by Crippen LogP contribution is -2.68. The molecule has 2 aliphatic rings. The van der Waals surface area contributed by atoms with Crippen LogP contribution in [0.2, 0.25) is 0 Å². The van der Waals surface area contributed by atoms with Gasteiger partial charge in [0.1, 0.15) is 11.7 Å². The normalized spacial score (nSPS) is 15.8. The van der Waals surface area contributed by atoms with E-state index in [-0.39, 0.29) is 0 Å². The van der Waals surface area contributed by atoms with E-state index in [1.165, 1.54) is 59.6 Å². The van der Waals surface area contributed by atoms with Crippen molar-refractivity contribution in [2.75, 3.05) is 18.0 Å². The van der Waals surface area contributed by atoms with Gasteiger partial charge in [-0.3, -0.25) is 0 Å². The topological polar surface area (TPSA) is 99.4 Å². The van der Waals surface area contributed by atoms with Crippen LogP contribution in [0, 0.1) is 10.2 Å². The number of fused-ring (bicyclic) bond motifs is 1. The van der Waals surface area contributed by atoms with Gasteiger partial charge in [0.2, 0.25) is 5.52 Å². The predicted octanol–water partition coefficient (Wildman–Crippen LogP) is -0.161. The third kappa shape index (κ3) is 4.83. The average molecular weight is 447 g/mol. The van der Waals surface area contributed by atoms with Gasteiger partial charge < -0.3 is 4.90 Å². The molecule has 2 aliphatic heterocycles. The lowest BCUT2D eigenvalue weighted by atomic mass is 9.90. The average Bonchev–Trinajstić information content (AvgIpc) is 3.02. The molecule has 0 atom stereocenters. The molecule has 30 heavy (non-hydrogen) atoms. The highest BCUT2D eigenvalue weighted by molar-refractivity contribution is 7.18. The molecule has 0 bridgehead atoms. The maximum Gasteiger partial charge on any atom is 0.262 e. The number of aryl methyl sites for hydroxylation is 3. The Kier molecular flexibility index (Phi) is 6.11. The zero-order chi connectivity index (χ0) is 21.3. The summed E-state index contributed by atoms with van der Waals surface area (Å²) in [5, 5.41) is 1.30. The number of aromatic nitrogens is 1. The lowest BCUT2D eigenvalue weighted by Gasteiger charge is -2.37. The van der Waals surface area contributed by atoms with Gasteiger partial charge in [0, 0.05) is 30.9 Å². The summed E-state index contributed by atoms with van der Waals surface area (Å²) in [6.07, 6.45) is 9.64. The monoisotopic (exact) mass is 446 g/mol. The molecule has 0 fully saturated rings. The Balaban J connectivity index is 0.000000393. The molecular formula is C22H23ClN2O4S. The van der Waals surface area contributed by atoms with E-state index in [1.54, 1.807) is 16.8 Å². The number of hydrogen-bond donors (Lipinski definition) is 0. The van der Waals surface area contributed by atoms with Gasteiger partial charge in [-0.1, -0.05) is 23.5 Å². The van der Waals surface area contributed by atoms with Crippen LogP contribution < -0.4 is 28.1 Å². The smallest absolute Gasteiger partial charge is 0.262 e. The fourth-order valence-electron chi connectivity index (χ4n) is 4.36. The summed E-state index contributed by atoms with van der Waals surface area (Å²) in [4.78, 5) is 2.61. The molecule has 0 unspecified atom stereocenters. The van der Waals surface area contributed by atoms with E-state index >= 15 is 0 Å². The van der Waals surface area contributed by atoms with Gasteiger partial charge in [0.25, 0.3) is 5.01 Å². The Morgan fingerprint density at radius 1 is 0.967 bits per heavy atom. The van der Waals surface area contributed by atoms with Crippen molar-refractivity contribution in [2.45, 2.75) is 25.7 Å². The first-order valence-corrected chi connectivity index (χ1v) is 11.9. The molecule has 3 aromatic rings. The van der Waals surface area contributed by atoms with Gasteiger partial charge in [-0.05, 0) is 66.6 Å². The quantitative estimate of drug-likeness (QED) is 0.509. The first-order valence-electron chi connectivity index (χ1n) is 9.88. The van der Waals surface area contributed by atoms with E-state index in [1.807, 2.05) is 11.3 Å². The predicted molar refractivity (Wildman–Crippen MR) is 107 cm³/mol. The summed E-state index contributed by atoms with van der Waals surface area (Å²) >= 11 is 1.86. The molecule has 0 N–H and O–H groups in total. The third-order valence-corrected chi connectivity index (χ3v) is 6.73. The molecule has 1 aromatic heterocycles. The van der Waals surface area contributed by atoms with Crippen LogP contribution >= 0.6 is 11.3 Å². The minimum Gasteiger partial charge on any atom is -0.371 e. The second kappa shape index (κ2) is 8.63. The standard InChI is InChI=1S/C22H23N2S.ClHO4/c1-23-19-8-2-3-9-20(19)25-21(23)11-10-16-14-17-6-4-12-24-13-5-7-18(15-16)22(17)24;2-1(3,4)5/h2-3,8-11,14-15H,4-7,12-13H2,1H3;(H,2,3,4,5)/q+1;/p-1. The first kappa shape index (κ1) is 21.2. The second-order valence-electron chi connectivity index (χ2n) is 7.56. The molecule has 158 valence electrons. The van der Waals surface area contributed by atoms with E-state index in [9.17, 15) is 0 Å². The minimum absolute atomic E-state index is 1.23. The SMILES string of the molecule is C[n+]1c(/C=C/c2cc3c4c(c2)CCCN4CCC3)sc2ccccc21.[O-][Cl+3]([O-])([O-])[O-]. The number of para-hydroxylation sites is 1. The van der Waals surface area contributed by atoms with Crippen LogP contribution in [0.15, 0.2) is 36.4 Å². The van der Waals surface area contributed by atoms with Crippen molar-refractivity contribution in [3.63, 3.8) is 0 Å². The highest BCUT2D eigenvalue weighted by Gasteiger charge is 2.23. The molecule has 5 rings (SSSR count). The Morgan fingerprint density at radius 3 is 2.17 bits per heavy atom. The van der Waals surface area contributed by atoms with Crippen LogP contribution in [-0.2, 0) is 19.9 Å². The molecule has 0 aliphatic carbocycles. The van der Waals surface area contributed by atoms with Crippen LogP contribution in [0.4, 0.5) is 5.69 Å². The van der Waals surface area contributed by atoms with E-state index in [0.29, 0.717) is 0 Å². The Labute approximate surface area is 181 Å². The van der Waals surface area contributed by atoms with Gasteiger partial charge >= 0.3 is 0 Å². The van der Waals surface area contributed by atoms with Gasteiger partial charge in [0.05, 0.1) is 0 Å². The summed E-state index contributed by atoms with van der Waals surface area (Å²) in [6, 6.07) is 13.5. The molecule has 0 saturated carbocycles. The van der Waals surface area contributed by atoms with Crippen molar-refractivity contribution >= 4 is 39.4 Å². The molecule has 0 saturated heterocycles. The zero-order valence-electron chi connectivity index (χ0n) is 16.7. The van der Waals surface area contributed by atoms with Crippen molar-refractivity contribution in [1.29, 1.82) is 0 Å². The van der Waals surface area contributed by atoms with Crippen molar-refractivity contribution in [3.8, 4) is 0 Å². The summed E-state index contributed by atoms with van der Waals surface area (Å²) < 4.78 is 37.6. The Bertz CT molecular complexity index is 1050. The summed E-state index contributed by atoms with van der Waals surface area (Å²) in [6.45, 7) is 2.49. The van der Waals surface area contributed by atoms with Crippen LogP contribution in [0.25, 0.3) is 22.4 Å². The molecule has 0 amide bonds. The number of anilines is 1. The van der Waals surface area contributed by atoms with E-state index in [0.717, 1.165) is 0 Å². The van der Waals surface area contributed by atoms with Crippen LogP contribution in [0.1, 0.15) is 34.5 Å². The minimum atomic E-state index is -4.94. The third-order valence-electron chi connectivity index (χ3n) is 5.54. The highest BCUT2D eigenvalue weighted by Crippen LogP contribution is 2.36. The maximum absolute atomic E-state index is 8.49. The first-order chi connectivity index (χ1) is 14.3. The van der Waals surface area contributed by atoms with E-state index in [2.05, 4.69) is 65.1 Å². The lowest BCUT2D eigenvalue weighted by molar-refractivity contribution is -2.00. The number of thiazole rings is 1. The van der Waals surface area contributed by atoms with Crippen molar-refractivity contribution < 1.29 is 33.4 Å². The molecule has 3 heterocycles.